The smallest absolute Gasteiger partial charge is 0.206 e. The second-order valence-corrected chi connectivity index (χ2v) is 5.34. The Morgan fingerprint density at radius 2 is 2.43 bits per heavy atom. The summed E-state index contributed by atoms with van der Waals surface area (Å²) < 4.78 is 0.922. The van der Waals surface area contributed by atoms with Gasteiger partial charge >= 0.3 is 0 Å². The minimum absolute atomic E-state index is 0.633. The molecule has 0 spiro atoms. The van der Waals surface area contributed by atoms with Gasteiger partial charge in [-0.3, -0.25) is 0 Å². The normalized spacial score (nSPS) is 10.1. The van der Waals surface area contributed by atoms with Crippen LogP contribution in [0.25, 0.3) is 0 Å². The molecule has 1 heterocycles. The zero-order valence-corrected chi connectivity index (χ0v) is 10.3. The van der Waals surface area contributed by atoms with Crippen LogP contribution in [0.3, 0.4) is 0 Å². The zero-order chi connectivity index (χ0) is 10.4. The molecule has 0 aromatic carbocycles. The summed E-state index contributed by atoms with van der Waals surface area (Å²) >= 11 is 8.74. The molecule has 1 aromatic heterocycles. The Kier molecular flexibility index (Phi) is 5.29. The van der Waals surface area contributed by atoms with E-state index in [0.717, 1.165) is 22.4 Å². The van der Waals surface area contributed by atoms with Crippen LogP contribution in [-0.2, 0) is 0 Å². The number of aromatic nitrogens is 2. The molecule has 0 amide bonds. The molecule has 0 aliphatic heterocycles. The Morgan fingerprint density at radius 3 is 3.07 bits per heavy atom. The number of rotatable bonds is 6. The summed E-state index contributed by atoms with van der Waals surface area (Å²) in [6.07, 6.45) is 1.08. The number of nitrogens with zero attached hydrogens (tertiary/aromatic N) is 2. The quantitative estimate of drug-likeness (QED) is 0.786. The molecule has 3 nitrogen and oxygen atoms in total. The van der Waals surface area contributed by atoms with Crippen molar-refractivity contribution in [1.82, 2.24) is 10.2 Å². The number of halogens is 1. The molecule has 0 saturated heterocycles. The maximum atomic E-state index is 5.64. The zero-order valence-electron chi connectivity index (χ0n) is 7.92. The third-order valence-corrected chi connectivity index (χ3v) is 3.68. The Balaban J connectivity index is 2.38. The summed E-state index contributed by atoms with van der Waals surface area (Å²) in [4.78, 5) is 0. The third-order valence-electron chi connectivity index (χ3n) is 1.28. The molecule has 14 heavy (non-hydrogen) atoms. The lowest BCUT2D eigenvalue weighted by Crippen LogP contribution is -1.98. The molecule has 0 unspecified atom stereocenters. The van der Waals surface area contributed by atoms with Gasteiger partial charge in [-0.05, 0) is 6.42 Å². The Bertz CT molecular complexity index is 301. The first-order valence-corrected chi connectivity index (χ1v) is 6.44. The van der Waals surface area contributed by atoms with Gasteiger partial charge in [0.2, 0.25) is 5.13 Å². The van der Waals surface area contributed by atoms with Gasteiger partial charge in [0.15, 0.2) is 4.34 Å². The second kappa shape index (κ2) is 6.27. The van der Waals surface area contributed by atoms with Crippen molar-refractivity contribution in [3.8, 4) is 0 Å². The van der Waals surface area contributed by atoms with Crippen LogP contribution in [0.15, 0.2) is 16.0 Å². The van der Waals surface area contributed by atoms with Crippen molar-refractivity contribution in [2.75, 3.05) is 17.6 Å². The standard InChI is InChI=1S/C8H12ClN3S2/c1-3-4-10-7-11-12-8(14-7)13-5-6(2)9/h2-5H2,1H3,(H,10,11). The molecule has 78 valence electrons. The predicted molar refractivity (Wildman–Crippen MR) is 64.4 cm³/mol. The van der Waals surface area contributed by atoms with E-state index in [0.29, 0.717) is 10.8 Å². The highest BCUT2D eigenvalue weighted by atomic mass is 35.5. The first kappa shape index (κ1) is 11.8. The second-order valence-electron chi connectivity index (χ2n) is 2.61. The van der Waals surface area contributed by atoms with Gasteiger partial charge in [0, 0.05) is 17.3 Å². The summed E-state index contributed by atoms with van der Waals surface area (Å²) in [5, 5.41) is 12.7. The van der Waals surface area contributed by atoms with Crippen LogP contribution in [0.2, 0.25) is 0 Å². The summed E-state index contributed by atoms with van der Waals surface area (Å²) in [5.41, 5.74) is 0. The van der Waals surface area contributed by atoms with Gasteiger partial charge < -0.3 is 5.32 Å². The first-order valence-electron chi connectivity index (χ1n) is 4.26. The van der Waals surface area contributed by atoms with Crippen LogP contribution < -0.4 is 5.32 Å². The van der Waals surface area contributed by atoms with E-state index in [2.05, 4.69) is 29.0 Å². The lowest BCUT2D eigenvalue weighted by molar-refractivity contribution is 0.951. The van der Waals surface area contributed by atoms with E-state index in [-0.39, 0.29) is 0 Å². The van der Waals surface area contributed by atoms with Crippen LogP contribution >= 0.6 is 34.7 Å². The number of hydrogen-bond donors (Lipinski definition) is 1. The monoisotopic (exact) mass is 249 g/mol. The van der Waals surface area contributed by atoms with Crippen LogP contribution in [0.4, 0.5) is 5.13 Å². The fourth-order valence-electron chi connectivity index (χ4n) is 0.712. The van der Waals surface area contributed by atoms with Crippen LogP contribution in [0, 0.1) is 0 Å². The highest BCUT2D eigenvalue weighted by Gasteiger charge is 2.03. The maximum absolute atomic E-state index is 5.64. The minimum Gasteiger partial charge on any atom is -0.360 e. The predicted octanol–water partition coefficient (Wildman–Crippen LogP) is 3.20. The Morgan fingerprint density at radius 1 is 1.64 bits per heavy atom. The maximum Gasteiger partial charge on any atom is 0.206 e. The van der Waals surface area contributed by atoms with Gasteiger partial charge in [-0.1, -0.05) is 48.2 Å². The molecule has 1 rings (SSSR count). The SMILES string of the molecule is C=C(Cl)CSc1nnc(NCCC)s1. The molecule has 0 atom stereocenters. The lowest BCUT2D eigenvalue weighted by Gasteiger charge is -1.95. The van der Waals surface area contributed by atoms with E-state index >= 15 is 0 Å². The minimum atomic E-state index is 0.633. The average Bonchev–Trinajstić information content (AvgIpc) is 2.59. The van der Waals surface area contributed by atoms with Gasteiger partial charge in [0.25, 0.3) is 0 Å². The largest absolute Gasteiger partial charge is 0.360 e. The molecule has 0 fully saturated rings. The summed E-state index contributed by atoms with van der Waals surface area (Å²) in [6, 6.07) is 0. The van der Waals surface area contributed by atoms with Crippen molar-refractivity contribution in [2.24, 2.45) is 0 Å². The van der Waals surface area contributed by atoms with Gasteiger partial charge in [-0.15, -0.1) is 10.2 Å². The van der Waals surface area contributed by atoms with Crippen molar-refractivity contribution in [1.29, 1.82) is 0 Å². The first-order chi connectivity index (χ1) is 6.72. The molecular formula is C8H12ClN3S2. The van der Waals surface area contributed by atoms with Gasteiger partial charge in [0.1, 0.15) is 0 Å². The van der Waals surface area contributed by atoms with E-state index in [1.807, 2.05) is 0 Å². The molecule has 0 saturated carbocycles. The summed E-state index contributed by atoms with van der Waals surface area (Å²) in [7, 11) is 0. The lowest BCUT2D eigenvalue weighted by atomic mass is 10.5. The number of nitrogens with one attached hydrogen (secondary N) is 1. The number of thioether (sulfide) groups is 1. The van der Waals surface area contributed by atoms with Crippen molar-refractivity contribution in [2.45, 2.75) is 17.7 Å². The van der Waals surface area contributed by atoms with Crippen molar-refractivity contribution in [3.05, 3.63) is 11.6 Å². The van der Waals surface area contributed by atoms with Crippen molar-refractivity contribution < 1.29 is 0 Å². The van der Waals surface area contributed by atoms with Crippen LogP contribution in [0.1, 0.15) is 13.3 Å². The summed E-state index contributed by atoms with van der Waals surface area (Å²) in [5.74, 6) is 0.684. The van der Waals surface area contributed by atoms with Crippen molar-refractivity contribution in [3.63, 3.8) is 0 Å². The van der Waals surface area contributed by atoms with Crippen molar-refractivity contribution >= 4 is 39.8 Å². The van der Waals surface area contributed by atoms with Gasteiger partial charge in [-0.2, -0.15) is 0 Å². The highest BCUT2D eigenvalue weighted by Crippen LogP contribution is 2.27. The van der Waals surface area contributed by atoms with Crippen LogP contribution in [-0.4, -0.2) is 22.5 Å². The molecule has 0 bridgehead atoms. The third kappa shape index (κ3) is 4.30. The van der Waals surface area contributed by atoms with Gasteiger partial charge in [-0.25, -0.2) is 0 Å². The number of hydrogen-bond acceptors (Lipinski definition) is 5. The van der Waals surface area contributed by atoms with E-state index in [4.69, 9.17) is 11.6 Å². The molecule has 6 heteroatoms. The molecule has 1 N–H and O–H groups in total. The molecule has 0 aliphatic rings. The fourth-order valence-corrected chi connectivity index (χ4v) is 2.41. The van der Waals surface area contributed by atoms with E-state index in [9.17, 15) is 0 Å². The highest BCUT2D eigenvalue weighted by molar-refractivity contribution is 8.01. The molecule has 1 aromatic rings. The Labute approximate surface area is 97.0 Å². The van der Waals surface area contributed by atoms with E-state index < -0.39 is 0 Å². The molecule has 0 aliphatic carbocycles. The molecule has 0 radical (unpaired) electrons. The van der Waals surface area contributed by atoms with Crippen LogP contribution in [0.5, 0.6) is 0 Å². The van der Waals surface area contributed by atoms with E-state index in [1.54, 1.807) is 23.1 Å². The summed E-state index contributed by atoms with van der Waals surface area (Å²) in [6.45, 7) is 6.66. The fraction of sp³-hybridized carbons (Fsp3) is 0.500. The van der Waals surface area contributed by atoms with Gasteiger partial charge in [0.05, 0.1) is 0 Å². The average molecular weight is 250 g/mol. The number of anilines is 1. The molecular weight excluding hydrogens is 238 g/mol. The Hall–Kier alpha value is -0.260. The van der Waals surface area contributed by atoms with E-state index in [1.165, 1.54) is 0 Å². The topological polar surface area (TPSA) is 37.8 Å².